The van der Waals surface area contributed by atoms with Gasteiger partial charge in [0.25, 0.3) is 0 Å². The van der Waals surface area contributed by atoms with E-state index in [-0.39, 0.29) is 23.4 Å². The highest BCUT2D eigenvalue weighted by atomic mass is 35.5. The van der Waals surface area contributed by atoms with Crippen LogP contribution in [0.4, 0.5) is 4.39 Å². The molecule has 5 heterocycles. The summed E-state index contributed by atoms with van der Waals surface area (Å²) in [7, 11) is 0. The number of aliphatic hydroxyl groups excluding tert-OH is 1. The Bertz CT molecular complexity index is 1420. The van der Waals surface area contributed by atoms with Crippen LogP contribution in [0.25, 0.3) is 16.8 Å². The molecule has 180 valence electrons. The van der Waals surface area contributed by atoms with Crippen molar-refractivity contribution in [1.29, 1.82) is 5.26 Å². The van der Waals surface area contributed by atoms with Crippen molar-refractivity contribution in [3.05, 3.63) is 58.5 Å². The van der Waals surface area contributed by atoms with Crippen molar-refractivity contribution in [2.45, 2.75) is 31.9 Å². The average Bonchev–Trinajstić information content (AvgIpc) is 3.47. The second-order valence-corrected chi connectivity index (χ2v) is 8.76. The van der Waals surface area contributed by atoms with E-state index < -0.39 is 11.9 Å². The number of piperidine rings is 1. The summed E-state index contributed by atoms with van der Waals surface area (Å²) >= 11 is 5.81. The van der Waals surface area contributed by atoms with Gasteiger partial charge in [0.15, 0.2) is 5.82 Å². The fourth-order valence-corrected chi connectivity index (χ4v) is 4.44. The van der Waals surface area contributed by atoms with Crippen LogP contribution in [-0.4, -0.2) is 54.4 Å². The molecule has 4 aromatic heterocycles. The van der Waals surface area contributed by atoms with Crippen molar-refractivity contribution >= 4 is 17.1 Å². The maximum Gasteiger partial charge on any atom is 0.160 e. The standard InChI is InChI=1S/C23H22ClFN8O2/c1-13-22(30-31-33(13)16-2-4-27-5-3-16)14-6-21(23-15(8-26)9-29-32(23)11-14)35-12-20(34)19-7-17(24)18(25)10-28-19/h6-7,9-11,16,20,27,34H,2-5,12H2,1H3. The molecule has 0 amide bonds. The minimum Gasteiger partial charge on any atom is -0.488 e. The van der Waals surface area contributed by atoms with Crippen molar-refractivity contribution < 1.29 is 14.2 Å². The molecule has 1 fully saturated rings. The van der Waals surface area contributed by atoms with Crippen LogP contribution in [-0.2, 0) is 0 Å². The summed E-state index contributed by atoms with van der Waals surface area (Å²) in [6, 6.07) is 5.38. The van der Waals surface area contributed by atoms with Gasteiger partial charge >= 0.3 is 0 Å². The quantitative estimate of drug-likeness (QED) is 0.417. The lowest BCUT2D eigenvalue weighted by Crippen LogP contribution is -2.30. The first kappa shape index (κ1) is 23.2. The summed E-state index contributed by atoms with van der Waals surface area (Å²) < 4.78 is 22.9. The molecule has 10 nitrogen and oxygen atoms in total. The minimum atomic E-state index is -1.17. The molecule has 0 saturated carbocycles. The first-order valence-corrected chi connectivity index (χ1v) is 11.5. The molecule has 0 bridgehead atoms. The fraction of sp³-hybridized carbons (Fsp3) is 0.348. The Labute approximate surface area is 204 Å². The Hall–Kier alpha value is -3.59. The second kappa shape index (κ2) is 9.58. The Balaban J connectivity index is 1.48. The summed E-state index contributed by atoms with van der Waals surface area (Å²) in [5.74, 6) is -0.344. The van der Waals surface area contributed by atoms with Gasteiger partial charge in [-0.05, 0) is 45.0 Å². The first-order chi connectivity index (χ1) is 17.0. The van der Waals surface area contributed by atoms with E-state index in [0.717, 1.165) is 37.8 Å². The van der Waals surface area contributed by atoms with Crippen molar-refractivity contribution in [2.24, 2.45) is 0 Å². The smallest absolute Gasteiger partial charge is 0.160 e. The van der Waals surface area contributed by atoms with Crippen molar-refractivity contribution in [3.63, 3.8) is 0 Å². The lowest BCUT2D eigenvalue weighted by atomic mass is 10.1. The van der Waals surface area contributed by atoms with E-state index in [9.17, 15) is 14.8 Å². The number of hydrogen-bond acceptors (Lipinski definition) is 8. The van der Waals surface area contributed by atoms with Crippen LogP contribution < -0.4 is 10.1 Å². The monoisotopic (exact) mass is 496 g/mol. The number of aliphatic hydroxyl groups is 1. The van der Waals surface area contributed by atoms with Crippen molar-refractivity contribution in [3.8, 4) is 23.1 Å². The third-order valence-corrected chi connectivity index (χ3v) is 6.41. The highest BCUT2D eigenvalue weighted by Crippen LogP contribution is 2.32. The zero-order valence-electron chi connectivity index (χ0n) is 18.8. The molecule has 5 rings (SSSR count). The fourth-order valence-electron chi connectivity index (χ4n) is 4.28. The molecular weight excluding hydrogens is 475 g/mol. The van der Waals surface area contributed by atoms with Gasteiger partial charge in [-0.25, -0.2) is 13.6 Å². The molecular formula is C23H22ClFN8O2. The Morgan fingerprint density at radius 1 is 1.34 bits per heavy atom. The average molecular weight is 497 g/mol. The van der Waals surface area contributed by atoms with Crippen LogP contribution >= 0.6 is 11.6 Å². The molecule has 12 heteroatoms. The SMILES string of the molecule is Cc1c(-c2cc(OCC(O)c3cc(Cl)c(F)cn3)c3c(C#N)cnn3c2)nnn1C1CCNCC1. The van der Waals surface area contributed by atoms with Gasteiger partial charge in [0.2, 0.25) is 0 Å². The van der Waals surface area contributed by atoms with Crippen molar-refractivity contribution in [1.82, 2.24) is 34.9 Å². The maximum atomic E-state index is 13.4. The largest absolute Gasteiger partial charge is 0.488 e. The summed E-state index contributed by atoms with van der Waals surface area (Å²) in [6.07, 6.45) is 4.93. The number of nitriles is 1. The highest BCUT2D eigenvalue weighted by Gasteiger charge is 2.23. The van der Waals surface area contributed by atoms with E-state index in [1.807, 2.05) is 11.6 Å². The van der Waals surface area contributed by atoms with Crippen LogP contribution in [0.3, 0.4) is 0 Å². The third-order valence-electron chi connectivity index (χ3n) is 6.12. The molecule has 1 aliphatic rings. The van der Waals surface area contributed by atoms with Gasteiger partial charge in [-0.1, -0.05) is 16.8 Å². The van der Waals surface area contributed by atoms with Gasteiger partial charge in [-0.15, -0.1) is 5.10 Å². The Morgan fingerprint density at radius 3 is 2.89 bits per heavy atom. The van der Waals surface area contributed by atoms with Crippen LogP contribution in [0.2, 0.25) is 5.02 Å². The first-order valence-electron chi connectivity index (χ1n) is 11.1. The zero-order valence-corrected chi connectivity index (χ0v) is 19.6. The molecule has 1 aliphatic heterocycles. The summed E-state index contributed by atoms with van der Waals surface area (Å²) in [5, 5.41) is 36.4. The maximum absolute atomic E-state index is 13.4. The number of hydrogen-bond donors (Lipinski definition) is 2. The number of ether oxygens (including phenoxy) is 1. The highest BCUT2D eigenvalue weighted by molar-refractivity contribution is 6.30. The van der Waals surface area contributed by atoms with Gasteiger partial charge in [-0.2, -0.15) is 10.4 Å². The second-order valence-electron chi connectivity index (χ2n) is 8.36. The van der Waals surface area contributed by atoms with Crippen molar-refractivity contribution in [2.75, 3.05) is 19.7 Å². The summed E-state index contributed by atoms with van der Waals surface area (Å²) in [4.78, 5) is 3.88. The molecule has 35 heavy (non-hydrogen) atoms. The normalized spacial score (nSPS) is 15.3. The predicted octanol–water partition coefficient (Wildman–Crippen LogP) is 3.00. The van der Waals surface area contributed by atoms with E-state index in [1.165, 1.54) is 12.3 Å². The van der Waals surface area contributed by atoms with Crippen LogP contribution in [0.1, 0.15) is 41.9 Å². The van der Waals surface area contributed by atoms with Crippen LogP contribution in [0.5, 0.6) is 5.75 Å². The summed E-state index contributed by atoms with van der Waals surface area (Å²) in [6.45, 7) is 3.64. The van der Waals surface area contributed by atoms with E-state index in [0.29, 0.717) is 28.1 Å². The number of aromatic nitrogens is 6. The molecule has 0 spiro atoms. The molecule has 4 aromatic rings. The summed E-state index contributed by atoms with van der Waals surface area (Å²) in [5.41, 5.74) is 3.24. The predicted molar refractivity (Wildman–Crippen MR) is 124 cm³/mol. The minimum absolute atomic E-state index is 0.145. The van der Waals surface area contributed by atoms with E-state index >= 15 is 0 Å². The van der Waals surface area contributed by atoms with Gasteiger partial charge in [-0.3, -0.25) is 4.98 Å². The number of fused-ring (bicyclic) bond motifs is 1. The molecule has 0 aliphatic carbocycles. The molecule has 1 saturated heterocycles. The van der Waals surface area contributed by atoms with Crippen LogP contribution in [0.15, 0.2) is 30.7 Å². The molecule has 0 radical (unpaired) electrons. The molecule has 2 N–H and O–H groups in total. The lowest BCUT2D eigenvalue weighted by Gasteiger charge is -2.23. The third kappa shape index (κ3) is 4.43. The number of pyridine rings is 2. The van der Waals surface area contributed by atoms with E-state index in [1.54, 1.807) is 16.8 Å². The lowest BCUT2D eigenvalue weighted by molar-refractivity contribution is 0.105. The number of halogens is 2. The number of nitrogens with one attached hydrogen (secondary N) is 1. The molecule has 0 aromatic carbocycles. The Kier molecular flexibility index (Phi) is 6.34. The Morgan fingerprint density at radius 2 is 2.14 bits per heavy atom. The molecule has 1 atom stereocenters. The van der Waals surface area contributed by atoms with Gasteiger partial charge in [0.05, 0.1) is 34.8 Å². The van der Waals surface area contributed by atoms with Gasteiger partial charge in [0, 0.05) is 11.8 Å². The number of nitrogens with zero attached hydrogens (tertiary/aromatic N) is 7. The topological polar surface area (TPSA) is 126 Å². The van der Waals surface area contributed by atoms with E-state index in [4.69, 9.17) is 16.3 Å². The van der Waals surface area contributed by atoms with Gasteiger partial charge < -0.3 is 15.2 Å². The van der Waals surface area contributed by atoms with Crippen LogP contribution in [0, 0.1) is 24.1 Å². The zero-order chi connectivity index (χ0) is 24.5. The van der Waals surface area contributed by atoms with Gasteiger partial charge in [0.1, 0.15) is 41.3 Å². The van der Waals surface area contributed by atoms with E-state index in [2.05, 4.69) is 31.8 Å². The number of rotatable bonds is 6. The molecule has 1 unspecified atom stereocenters.